The molecular weight excluding hydrogens is 202 g/mol. The van der Waals surface area contributed by atoms with Gasteiger partial charge in [0.15, 0.2) is 0 Å². The van der Waals surface area contributed by atoms with Crippen molar-refractivity contribution < 1.29 is 12.6 Å². The van der Waals surface area contributed by atoms with Gasteiger partial charge in [0, 0.05) is 0 Å². The van der Waals surface area contributed by atoms with Crippen molar-refractivity contribution in [3.05, 3.63) is 30.3 Å². The fraction of sp³-hybridized carbons (Fsp3) is 0.333. The number of hydrogen-bond acceptors (Lipinski definition) is 4. The Morgan fingerprint density at radius 2 is 1.64 bits per heavy atom. The molecule has 14 heavy (non-hydrogen) atoms. The van der Waals surface area contributed by atoms with E-state index in [2.05, 4.69) is 0 Å². The topological polar surface area (TPSA) is 78.4 Å². The molecule has 0 aliphatic carbocycles. The van der Waals surface area contributed by atoms with Crippen LogP contribution >= 0.6 is 0 Å². The SMILES string of the molecule is CC(C)OS(=O)(=O)c1ccccc1.N. The Bertz CT molecular complexity index is 359. The summed E-state index contributed by atoms with van der Waals surface area (Å²) in [6.45, 7) is 3.36. The second-order valence-electron chi connectivity index (χ2n) is 2.91. The average molecular weight is 217 g/mol. The van der Waals surface area contributed by atoms with E-state index in [1.165, 1.54) is 12.1 Å². The third kappa shape index (κ3) is 3.45. The maximum absolute atomic E-state index is 11.4. The summed E-state index contributed by atoms with van der Waals surface area (Å²) in [6.07, 6.45) is -0.329. The fourth-order valence-corrected chi connectivity index (χ4v) is 2.00. The van der Waals surface area contributed by atoms with Crippen molar-refractivity contribution in [2.75, 3.05) is 0 Å². The quantitative estimate of drug-likeness (QED) is 0.785. The molecule has 0 fully saturated rings. The first-order valence-electron chi connectivity index (χ1n) is 4.01. The maximum Gasteiger partial charge on any atom is 0.297 e. The first-order valence-corrected chi connectivity index (χ1v) is 5.41. The number of rotatable bonds is 3. The van der Waals surface area contributed by atoms with Gasteiger partial charge in [-0.2, -0.15) is 8.42 Å². The van der Waals surface area contributed by atoms with Gasteiger partial charge in [0.05, 0.1) is 11.0 Å². The van der Waals surface area contributed by atoms with E-state index >= 15 is 0 Å². The second kappa shape index (κ2) is 5.09. The third-order valence-electron chi connectivity index (χ3n) is 1.35. The molecular formula is C9H15NO3S. The largest absolute Gasteiger partial charge is 0.344 e. The van der Waals surface area contributed by atoms with Gasteiger partial charge >= 0.3 is 0 Å². The molecule has 1 rings (SSSR count). The van der Waals surface area contributed by atoms with Crippen molar-refractivity contribution in [3.63, 3.8) is 0 Å². The van der Waals surface area contributed by atoms with Gasteiger partial charge in [-0.05, 0) is 26.0 Å². The van der Waals surface area contributed by atoms with Crippen molar-refractivity contribution in [2.24, 2.45) is 0 Å². The number of benzene rings is 1. The van der Waals surface area contributed by atoms with Crippen molar-refractivity contribution >= 4 is 10.1 Å². The predicted octanol–water partition coefficient (Wildman–Crippen LogP) is 1.96. The van der Waals surface area contributed by atoms with E-state index in [9.17, 15) is 8.42 Å². The van der Waals surface area contributed by atoms with Crippen LogP contribution < -0.4 is 6.15 Å². The summed E-state index contributed by atoms with van der Waals surface area (Å²) in [7, 11) is -3.56. The monoisotopic (exact) mass is 217 g/mol. The van der Waals surface area contributed by atoms with Crippen LogP contribution in [-0.2, 0) is 14.3 Å². The Morgan fingerprint density at radius 1 is 1.14 bits per heavy atom. The molecule has 0 heterocycles. The van der Waals surface area contributed by atoms with Gasteiger partial charge in [0.1, 0.15) is 0 Å². The van der Waals surface area contributed by atoms with Gasteiger partial charge in [0.25, 0.3) is 10.1 Å². The fourth-order valence-electron chi connectivity index (χ4n) is 0.896. The van der Waals surface area contributed by atoms with Crippen LogP contribution in [0.4, 0.5) is 0 Å². The zero-order valence-corrected chi connectivity index (χ0v) is 9.12. The molecule has 3 N–H and O–H groups in total. The van der Waals surface area contributed by atoms with Crippen LogP contribution in [0.15, 0.2) is 35.2 Å². The summed E-state index contributed by atoms with van der Waals surface area (Å²) in [5.74, 6) is 0. The van der Waals surface area contributed by atoms with Crippen molar-refractivity contribution in [3.8, 4) is 0 Å². The first-order chi connectivity index (χ1) is 6.02. The summed E-state index contributed by atoms with van der Waals surface area (Å²) < 4.78 is 27.6. The zero-order chi connectivity index (χ0) is 9.90. The first kappa shape index (κ1) is 13.1. The van der Waals surface area contributed by atoms with Gasteiger partial charge in [-0.25, -0.2) is 0 Å². The highest BCUT2D eigenvalue weighted by Gasteiger charge is 2.15. The molecule has 0 bridgehead atoms. The van der Waals surface area contributed by atoms with Gasteiger partial charge in [-0.1, -0.05) is 18.2 Å². The van der Waals surface area contributed by atoms with E-state index in [1.807, 2.05) is 0 Å². The standard InChI is InChI=1S/C9H12O3S.H3N/c1-8(2)12-13(10,11)9-6-4-3-5-7-9;/h3-8H,1-2H3;1H3. The van der Waals surface area contributed by atoms with Crippen LogP contribution in [0, 0.1) is 0 Å². The van der Waals surface area contributed by atoms with Crippen LogP contribution in [0.3, 0.4) is 0 Å². The molecule has 0 radical (unpaired) electrons. The Hall–Kier alpha value is -0.910. The van der Waals surface area contributed by atoms with Crippen LogP contribution in [0.2, 0.25) is 0 Å². The molecule has 1 aromatic rings. The average Bonchev–Trinajstić information content (AvgIpc) is 2.04. The van der Waals surface area contributed by atoms with E-state index in [4.69, 9.17) is 4.18 Å². The van der Waals surface area contributed by atoms with E-state index in [0.29, 0.717) is 0 Å². The van der Waals surface area contributed by atoms with Crippen LogP contribution in [0.1, 0.15) is 13.8 Å². The lowest BCUT2D eigenvalue weighted by atomic mass is 10.4. The molecule has 0 amide bonds. The van der Waals surface area contributed by atoms with Crippen LogP contribution in [0.25, 0.3) is 0 Å². The van der Waals surface area contributed by atoms with E-state index in [0.717, 1.165) is 0 Å². The second-order valence-corrected chi connectivity index (χ2v) is 4.48. The summed E-state index contributed by atoms with van der Waals surface area (Å²) in [5.41, 5.74) is 0. The highest BCUT2D eigenvalue weighted by molar-refractivity contribution is 7.86. The minimum Gasteiger partial charge on any atom is -0.344 e. The van der Waals surface area contributed by atoms with Gasteiger partial charge in [0.2, 0.25) is 0 Å². The molecule has 0 saturated heterocycles. The summed E-state index contributed by atoms with van der Waals surface area (Å²) in [6, 6.07) is 8.11. The summed E-state index contributed by atoms with van der Waals surface area (Å²) >= 11 is 0. The van der Waals surface area contributed by atoms with Gasteiger partial charge in [-0.15, -0.1) is 0 Å². The van der Waals surface area contributed by atoms with E-state index in [1.54, 1.807) is 32.0 Å². The van der Waals surface area contributed by atoms with Crippen molar-refractivity contribution in [1.29, 1.82) is 0 Å². The lowest BCUT2D eigenvalue weighted by Crippen LogP contribution is -2.12. The van der Waals surface area contributed by atoms with E-state index in [-0.39, 0.29) is 17.1 Å². The van der Waals surface area contributed by atoms with Crippen LogP contribution in [0.5, 0.6) is 0 Å². The van der Waals surface area contributed by atoms with E-state index < -0.39 is 10.1 Å². The normalized spacial score (nSPS) is 11.1. The van der Waals surface area contributed by atoms with Crippen molar-refractivity contribution in [1.82, 2.24) is 6.15 Å². The smallest absolute Gasteiger partial charge is 0.297 e. The number of hydrogen-bond donors (Lipinski definition) is 1. The zero-order valence-electron chi connectivity index (χ0n) is 8.30. The molecule has 0 aliphatic heterocycles. The molecule has 5 heteroatoms. The lowest BCUT2D eigenvalue weighted by Gasteiger charge is -2.07. The predicted molar refractivity (Wildman–Crippen MR) is 54.9 cm³/mol. The molecule has 0 aromatic heterocycles. The third-order valence-corrected chi connectivity index (χ3v) is 2.84. The highest BCUT2D eigenvalue weighted by Crippen LogP contribution is 2.12. The van der Waals surface area contributed by atoms with Crippen molar-refractivity contribution in [2.45, 2.75) is 24.8 Å². The Morgan fingerprint density at radius 3 is 2.07 bits per heavy atom. The van der Waals surface area contributed by atoms with Crippen LogP contribution in [-0.4, -0.2) is 14.5 Å². The molecule has 4 nitrogen and oxygen atoms in total. The lowest BCUT2D eigenvalue weighted by molar-refractivity contribution is 0.249. The molecule has 1 aromatic carbocycles. The molecule has 0 atom stereocenters. The van der Waals surface area contributed by atoms with Gasteiger partial charge in [-0.3, -0.25) is 4.18 Å². The summed E-state index contributed by atoms with van der Waals surface area (Å²) in [4.78, 5) is 0.198. The molecule has 0 unspecified atom stereocenters. The molecule has 0 spiro atoms. The highest BCUT2D eigenvalue weighted by atomic mass is 32.2. The molecule has 80 valence electrons. The maximum atomic E-state index is 11.4. The Labute approximate surface area is 84.6 Å². The Kier molecular flexibility index (Phi) is 4.76. The molecule has 0 aliphatic rings. The minimum atomic E-state index is -3.56. The van der Waals surface area contributed by atoms with Gasteiger partial charge < -0.3 is 6.15 Å². The molecule has 0 saturated carbocycles. The summed E-state index contributed by atoms with van der Waals surface area (Å²) in [5, 5.41) is 0. The minimum absolute atomic E-state index is 0. The Balaban J connectivity index is 0.00000169.